The topological polar surface area (TPSA) is 63.4 Å². The molecular formula is C18H20N4O2S. The van der Waals surface area contributed by atoms with Crippen LogP contribution in [0.2, 0.25) is 0 Å². The van der Waals surface area contributed by atoms with E-state index in [1.807, 2.05) is 23.6 Å². The third kappa shape index (κ3) is 4.07. The number of hydrogen-bond donors (Lipinski definition) is 1. The number of nitrogens with zero attached hydrogens (tertiary/aromatic N) is 3. The van der Waals surface area contributed by atoms with Gasteiger partial charge in [-0.15, -0.1) is 11.3 Å². The summed E-state index contributed by atoms with van der Waals surface area (Å²) in [6.07, 6.45) is 0. The van der Waals surface area contributed by atoms with Crippen molar-refractivity contribution < 1.29 is 9.26 Å². The molecule has 4 rings (SSSR count). The van der Waals surface area contributed by atoms with E-state index < -0.39 is 0 Å². The largest absolute Gasteiger partial charge is 0.379 e. The molecular weight excluding hydrogens is 336 g/mol. The van der Waals surface area contributed by atoms with Gasteiger partial charge >= 0.3 is 0 Å². The number of ether oxygens (including phenoxy) is 1. The van der Waals surface area contributed by atoms with Gasteiger partial charge in [-0.05, 0) is 23.1 Å². The van der Waals surface area contributed by atoms with Crippen molar-refractivity contribution in [3.05, 3.63) is 53.2 Å². The molecule has 25 heavy (non-hydrogen) atoms. The zero-order valence-corrected chi connectivity index (χ0v) is 14.7. The molecule has 2 aromatic heterocycles. The molecule has 3 aromatic rings. The zero-order valence-electron chi connectivity index (χ0n) is 13.9. The van der Waals surface area contributed by atoms with Gasteiger partial charge in [-0.25, -0.2) is 0 Å². The lowest BCUT2D eigenvalue weighted by atomic mass is 10.1. The standard InChI is InChI=1S/C18H20N4O2S/c1-2-5-15(14(4-1)13-22-7-9-23-10-8-22)19-12-17-20-18(21-24-17)16-6-3-11-25-16/h1-6,11,19H,7-10,12-13H2. The SMILES string of the molecule is c1csc(-c2noc(CNc3ccccc3CN3CCOCC3)n2)c1. The van der Waals surface area contributed by atoms with E-state index in [0.29, 0.717) is 18.3 Å². The van der Waals surface area contributed by atoms with Crippen LogP contribution in [-0.2, 0) is 17.8 Å². The average molecular weight is 356 g/mol. The van der Waals surface area contributed by atoms with Crippen LogP contribution >= 0.6 is 11.3 Å². The molecule has 0 radical (unpaired) electrons. The van der Waals surface area contributed by atoms with Crippen LogP contribution in [0.4, 0.5) is 5.69 Å². The van der Waals surface area contributed by atoms with Gasteiger partial charge in [-0.2, -0.15) is 4.98 Å². The molecule has 0 aliphatic carbocycles. The number of nitrogens with one attached hydrogen (secondary N) is 1. The molecule has 1 saturated heterocycles. The molecule has 0 spiro atoms. The first-order valence-corrected chi connectivity index (χ1v) is 9.25. The number of para-hydroxylation sites is 1. The van der Waals surface area contributed by atoms with Crippen molar-refractivity contribution in [2.45, 2.75) is 13.1 Å². The Kier molecular flexibility index (Phi) is 5.06. The van der Waals surface area contributed by atoms with Crippen molar-refractivity contribution in [3.8, 4) is 10.7 Å². The van der Waals surface area contributed by atoms with Gasteiger partial charge in [-0.3, -0.25) is 4.90 Å². The van der Waals surface area contributed by atoms with Crippen LogP contribution in [-0.4, -0.2) is 41.3 Å². The van der Waals surface area contributed by atoms with Crippen molar-refractivity contribution in [2.75, 3.05) is 31.6 Å². The van der Waals surface area contributed by atoms with Crippen LogP contribution in [0.25, 0.3) is 10.7 Å². The highest BCUT2D eigenvalue weighted by Crippen LogP contribution is 2.22. The van der Waals surface area contributed by atoms with E-state index in [-0.39, 0.29) is 0 Å². The average Bonchev–Trinajstić information content (AvgIpc) is 3.33. The molecule has 0 amide bonds. The Morgan fingerprint density at radius 2 is 2.00 bits per heavy atom. The Labute approximate surface area is 150 Å². The first-order chi connectivity index (χ1) is 12.4. The Morgan fingerprint density at radius 3 is 2.84 bits per heavy atom. The summed E-state index contributed by atoms with van der Waals surface area (Å²) < 4.78 is 10.8. The minimum Gasteiger partial charge on any atom is -0.379 e. The third-order valence-electron chi connectivity index (χ3n) is 4.15. The van der Waals surface area contributed by atoms with E-state index in [1.54, 1.807) is 11.3 Å². The molecule has 130 valence electrons. The van der Waals surface area contributed by atoms with E-state index in [2.05, 4.69) is 38.6 Å². The Hall–Kier alpha value is -2.22. The molecule has 7 heteroatoms. The van der Waals surface area contributed by atoms with Gasteiger partial charge < -0.3 is 14.6 Å². The molecule has 3 heterocycles. The lowest BCUT2D eigenvalue weighted by molar-refractivity contribution is 0.0342. The molecule has 1 aliphatic rings. The molecule has 1 N–H and O–H groups in total. The summed E-state index contributed by atoms with van der Waals surface area (Å²) in [4.78, 5) is 7.88. The fraction of sp³-hybridized carbons (Fsp3) is 0.333. The van der Waals surface area contributed by atoms with Gasteiger partial charge in [0.15, 0.2) is 0 Å². The third-order valence-corrected chi connectivity index (χ3v) is 5.02. The summed E-state index contributed by atoms with van der Waals surface area (Å²) in [5.41, 5.74) is 2.37. The second-order valence-corrected chi connectivity index (χ2v) is 6.84. The summed E-state index contributed by atoms with van der Waals surface area (Å²) in [5.74, 6) is 1.23. The highest BCUT2D eigenvalue weighted by atomic mass is 32.1. The van der Waals surface area contributed by atoms with Crippen LogP contribution < -0.4 is 5.32 Å². The van der Waals surface area contributed by atoms with Crippen LogP contribution in [0.3, 0.4) is 0 Å². The van der Waals surface area contributed by atoms with Crippen molar-refractivity contribution in [1.29, 1.82) is 0 Å². The Balaban J connectivity index is 1.41. The van der Waals surface area contributed by atoms with Gasteiger partial charge in [0.1, 0.15) is 0 Å². The highest BCUT2D eigenvalue weighted by molar-refractivity contribution is 7.13. The minimum atomic E-state index is 0.512. The zero-order chi connectivity index (χ0) is 16.9. The normalized spacial score (nSPS) is 15.4. The summed E-state index contributed by atoms with van der Waals surface area (Å²) in [7, 11) is 0. The lowest BCUT2D eigenvalue weighted by Crippen LogP contribution is -2.35. The maximum Gasteiger partial charge on any atom is 0.246 e. The van der Waals surface area contributed by atoms with Gasteiger partial charge in [0.2, 0.25) is 11.7 Å². The van der Waals surface area contributed by atoms with E-state index in [1.165, 1.54) is 5.56 Å². The van der Waals surface area contributed by atoms with Crippen LogP contribution in [0.15, 0.2) is 46.3 Å². The fourth-order valence-electron chi connectivity index (χ4n) is 2.83. The Morgan fingerprint density at radius 1 is 1.12 bits per heavy atom. The number of aromatic nitrogens is 2. The molecule has 6 nitrogen and oxygen atoms in total. The summed E-state index contributed by atoms with van der Waals surface area (Å²) in [5, 5.41) is 9.48. The van der Waals surface area contributed by atoms with Crippen molar-refractivity contribution >= 4 is 17.0 Å². The molecule has 0 atom stereocenters. The summed E-state index contributed by atoms with van der Waals surface area (Å²) in [6, 6.07) is 12.3. The number of morpholine rings is 1. The number of hydrogen-bond acceptors (Lipinski definition) is 7. The summed E-state index contributed by atoms with van der Waals surface area (Å²) >= 11 is 1.60. The second kappa shape index (κ2) is 7.77. The van der Waals surface area contributed by atoms with Crippen molar-refractivity contribution in [2.24, 2.45) is 0 Å². The van der Waals surface area contributed by atoms with Gasteiger partial charge in [0, 0.05) is 25.3 Å². The molecule has 0 bridgehead atoms. The fourth-order valence-corrected chi connectivity index (χ4v) is 3.48. The van der Waals surface area contributed by atoms with Gasteiger partial charge in [0.05, 0.1) is 24.6 Å². The molecule has 0 unspecified atom stereocenters. The predicted octanol–water partition coefficient (Wildman–Crippen LogP) is 3.24. The molecule has 1 aliphatic heterocycles. The number of thiophene rings is 1. The van der Waals surface area contributed by atoms with Crippen LogP contribution in [0.5, 0.6) is 0 Å². The number of benzene rings is 1. The summed E-state index contributed by atoms with van der Waals surface area (Å²) in [6.45, 7) is 4.99. The van der Waals surface area contributed by atoms with Crippen molar-refractivity contribution in [3.63, 3.8) is 0 Å². The van der Waals surface area contributed by atoms with E-state index in [9.17, 15) is 0 Å². The first-order valence-electron chi connectivity index (χ1n) is 8.37. The van der Waals surface area contributed by atoms with Gasteiger partial charge in [0.25, 0.3) is 0 Å². The number of anilines is 1. The predicted molar refractivity (Wildman–Crippen MR) is 97.5 cm³/mol. The van der Waals surface area contributed by atoms with E-state index >= 15 is 0 Å². The van der Waals surface area contributed by atoms with E-state index in [0.717, 1.165) is 43.4 Å². The highest BCUT2D eigenvalue weighted by Gasteiger charge is 2.13. The second-order valence-electron chi connectivity index (χ2n) is 5.89. The van der Waals surface area contributed by atoms with E-state index in [4.69, 9.17) is 9.26 Å². The minimum absolute atomic E-state index is 0.512. The molecule has 1 aromatic carbocycles. The van der Waals surface area contributed by atoms with Crippen molar-refractivity contribution in [1.82, 2.24) is 15.0 Å². The van der Waals surface area contributed by atoms with Gasteiger partial charge in [-0.1, -0.05) is 29.4 Å². The van der Waals surface area contributed by atoms with Crippen LogP contribution in [0, 0.1) is 0 Å². The lowest BCUT2D eigenvalue weighted by Gasteiger charge is -2.27. The number of rotatable bonds is 6. The quantitative estimate of drug-likeness (QED) is 0.731. The maximum atomic E-state index is 5.42. The molecule has 1 fully saturated rings. The smallest absolute Gasteiger partial charge is 0.246 e. The maximum absolute atomic E-state index is 5.42. The van der Waals surface area contributed by atoms with Crippen LogP contribution in [0.1, 0.15) is 11.5 Å². The Bertz CT molecular complexity index is 797. The first kappa shape index (κ1) is 16.3. The monoisotopic (exact) mass is 356 g/mol. The molecule has 0 saturated carbocycles.